The third-order valence-electron chi connectivity index (χ3n) is 4.45. The van der Waals surface area contributed by atoms with Gasteiger partial charge in [-0.15, -0.1) is 0 Å². The minimum Gasteiger partial charge on any atom is -0.483 e. The van der Waals surface area contributed by atoms with Gasteiger partial charge in [-0.1, -0.05) is 35.9 Å². The van der Waals surface area contributed by atoms with Gasteiger partial charge in [0, 0.05) is 17.8 Å². The normalized spacial score (nSPS) is 10.8. The van der Waals surface area contributed by atoms with E-state index in [1.165, 1.54) is 18.2 Å². The van der Waals surface area contributed by atoms with Crippen molar-refractivity contribution in [2.45, 2.75) is 6.92 Å². The molecule has 0 unspecified atom stereocenters. The van der Waals surface area contributed by atoms with Crippen LogP contribution in [0.25, 0.3) is 11.6 Å². The van der Waals surface area contributed by atoms with Crippen LogP contribution >= 0.6 is 15.9 Å². The van der Waals surface area contributed by atoms with Crippen molar-refractivity contribution in [3.63, 3.8) is 0 Å². The van der Waals surface area contributed by atoms with E-state index in [0.29, 0.717) is 27.0 Å². The molecule has 3 rings (SSSR count). The molecule has 32 heavy (non-hydrogen) atoms. The van der Waals surface area contributed by atoms with E-state index in [9.17, 15) is 20.2 Å². The summed E-state index contributed by atoms with van der Waals surface area (Å²) in [5, 5.41) is 23.3. The molecule has 0 aliphatic rings. The van der Waals surface area contributed by atoms with E-state index >= 15 is 0 Å². The molecule has 7 nitrogen and oxygen atoms in total. The summed E-state index contributed by atoms with van der Waals surface area (Å²) in [5.74, 6) is 0.178. The second-order valence-electron chi connectivity index (χ2n) is 6.87. The largest absolute Gasteiger partial charge is 0.483 e. The number of carbonyl (C=O) groups is 1. The second-order valence-corrected chi connectivity index (χ2v) is 7.72. The monoisotopic (exact) mass is 491 g/mol. The predicted molar refractivity (Wildman–Crippen MR) is 126 cm³/mol. The Labute approximate surface area is 193 Å². The van der Waals surface area contributed by atoms with Gasteiger partial charge in [0.2, 0.25) is 0 Å². The van der Waals surface area contributed by atoms with Gasteiger partial charge in [-0.3, -0.25) is 14.9 Å². The van der Waals surface area contributed by atoms with Crippen molar-refractivity contribution in [3.8, 4) is 11.8 Å². The number of anilines is 1. The molecule has 3 aromatic rings. The number of allylic oxidation sites excluding steroid dienone is 1. The number of nitrogens with zero attached hydrogens (tertiary/aromatic N) is 2. The molecule has 0 heterocycles. The zero-order valence-electron chi connectivity index (χ0n) is 17.0. The first-order chi connectivity index (χ1) is 15.4. The average molecular weight is 492 g/mol. The first kappa shape index (κ1) is 22.7. The first-order valence-electron chi connectivity index (χ1n) is 9.51. The Balaban J connectivity index is 1.69. The van der Waals surface area contributed by atoms with Gasteiger partial charge in [-0.25, -0.2) is 0 Å². The molecule has 0 aliphatic heterocycles. The highest BCUT2D eigenvalue weighted by Crippen LogP contribution is 2.28. The lowest BCUT2D eigenvalue weighted by Gasteiger charge is -2.10. The highest BCUT2D eigenvalue weighted by molar-refractivity contribution is 9.10. The fourth-order valence-corrected chi connectivity index (χ4v) is 3.35. The van der Waals surface area contributed by atoms with Crippen molar-refractivity contribution in [2.24, 2.45) is 0 Å². The van der Waals surface area contributed by atoms with Gasteiger partial charge in [0.1, 0.15) is 5.75 Å². The molecule has 0 fully saturated rings. The van der Waals surface area contributed by atoms with Crippen molar-refractivity contribution in [1.82, 2.24) is 0 Å². The molecule has 0 atom stereocenters. The summed E-state index contributed by atoms with van der Waals surface area (Å²) in [7, 11) is 0. The number of nitriles is 1. The summed E-state index contributed by atoms with van der Waals surface area (Å²) in [6.07, 6.45) is 1.62. The molecule has 0 bridgehead atoms. The lowest BCUT2D eigenvalue weighted by atomic mass is 10.0. The summed E-state index contributed by atoms with van der Waals surface area (Å²) in [5.41, 5.74) is 3.13. The number of hydrogen-bond donors (Lipinski definition) is 1. The van der Waals surface area contributed by atoms with Gasteiger partial charge in [-0.05, 0) is 64.3 Å². The maximum atomic E-state index is 12.1. The third-order valence-corrected chi connectivity index (χ3v) is 5.07. The van der Waals surface area contributed by atoms with E-state index in [1.54, 1.807) is 30.3 Å². The minimum atomic E-state index is -0.504. The van der Waals surface area contributed by atoms with E-state index in [1.807, 2.05) is 31.2 Å². The number of halogens is 1. The number of benzene rings is 3. The number of aryl methyl sites for hydroxylation is 1. The summed E-state index contributed by atoms with van der Waals surface area (Å²) in [6.45, 7) is 1.80. The molecular formula is C24H18BrN3O4. The van der Waals surface area contributed by atoms with Crippen LogP contribution in [0.5, 0.6) is 5.75 Å². The molecule has 0 saturated heterocycles. The molecule has 0 radical (unpaired) electrons. The number of hydrogen-bond acceptors (Lipinski definition) is 5. The van der Waals surface area contributed by atoms with Crippen LogP contribution in [0.4, 0.5) is 11.4 Å². The van der Waals surface area contributed by atoms with E-state index < -0.39 is 4.92 Å². The summed E-state index contributed by atoms with van der Waals surface area (Å²) >= 11 is 3.41. The molecule has 0 spiro atoms. The Morgan fingerprint density at radius 3 is 2.59 bits per heavy atom. The molecule has 8 heteroatoms. The number of nitro benzene ring substituents is 1. The zero-order valence-corrected chi connectivity index (χ0v) is 18.6. The van der Waals surface area contributed by atoms with E-state index in [2.05, 4.69) is 27.3 Å². The predicted octanol–water partition coefficient (Wildman–Crippen LogP) is 5.75. The third kappa shape index (κ3) is 6.03. The molecule has 1 amide bonds. The van der Waals surface area contributed by atoms with Crippen molar-refractivity contribution in [2.75, 3.05) is 11.9 Å². The Kier molecular flexibility index (Phi) is 7.37. The van der Waals surface area contributed by atoms with Gasteiger partial charge < -0.3 is 10.1 Å². The maximum Gasteiger partial charge on any atom is 0.270 e. The number of nitro groups is 1. The van der Waals surface area contributed by atoms with Crippen molar-refractivity contribution < 1.29 is 14.5 Å². The van der Waals surface area contributed by atoms with Crippen LogP contribution < -0.4 is 10.1 Å². The summed E-state index contributed by atoms with van der Waals surface area (Å²) < 4.78 is 6.19. The van der Waals surface area contributed by atoms with Crippen LogP contribution in [0.2, 0.25) is 0 Å². The molecule has 1 N–H and O–H groups in total. The smallest absolute Gasteiger partial charge is 0.270 e. The lowest BCUT2D eigenvalue weighted by Crippen LogP contribution is -2.20. The lowest BCUT2D eigenvalue weighted by molar-refractivity contribution is -0.384. The van der Waals surface area contributed by atoms with Crippen molar-refractivity contribution in [3.05, 3.63) is 98.0 Å². The van der Waals surface area contributed by atoms with E-state index in [-0.39, 0.29) is 23.8 Å². The summed E-state index contributed by atoms with van der Waals surface area (Å²) in [6, 6.07) is 20.6. The maximum absolute atomic E-state index is 12.1. The van der Waals surface area contributed by atoms with E-state index in [0.717, 1.165) is 5.56 Å². The number of amides is 1. The van der Waals surface area contributed by atoms with Crippen LogP contribution in [-0.4, -0.2) is 17.4 Å². The van der Waals surface area contributed by atoms with E-state index in [4.69, 9.17) is 4.74 Å². The van der Waals surface area contributed by atoms with Crippen molar-refractivity contribution in [1.29, 1.82) is 5.26 Å². The Bertz CT molecular complexity index is 1230. The van der Waals surface area contributed by atoms with Gasteiger partial charge >= 0.3 is 0 Å². The van der Waals surface area contributed by atoms with Crippen LogP contribution in [-0.2, 0) is 4.79 Å². The van der Waals surface area contributed by atoms with Gasteiger partial charge in [-0.2, -0.15) is 5.26 Å². The average Bonchev–Trinajstić information content (AvgIpc) is 2.78. The fraction of sp³-hybridized carbons (Fsp3) is 0.0833. The minimum absolute atomic E-state index is 0.0857. The molecule has 3 aromatic carbocycles. The highest BCUT2D eigenvalue weighted by atomic mass is 79.9. The van der Waals surface area contributed by atoms with Crippen LogP contribution in [0.15, 0.2) is 71.2 Å². The second kappa shape index (κ2) is 10.4. The molecular weight excluding hydrogens is 474 g/mol. The van der Waals surface area contributed by atoms with Crippen LogP contribution in [0, 0.1) is 28.4 Å². The fourth-order valence-electron chi connectivity index (χ4n) is 2.84. The number of non-ortho nitro benzene ring substituents is 1. The topological polar surface area (TPSA) is 105 Å². The van der Waals surface area contributed by atoms with Crippen LogP contribution in [0.3, 0.4) is 0 Å². The zero-order chi connectivity index (χ0) is 23.1. The quantitative estimate of drug-likeness (QED) is 0.196. The Morgan fingerprint density at radius 1 is 1.19 bits per heavy atom. The molecule has 0 saturated carbocycles. The standard InChI is InChI=1S/C24H18BrN3O4/c1-16-5-8-20(9-6-16)27-24(29)15-32-23-10-7-17(12-22(23)25)11-19(14-26)18-3-2-4-21(13-18)28(30)31/h2-13H,15H2,1H3,(H,27,29). The molecule has 0 aliphatic carbocycles. The van der Waals surface area contributed by atoms with Crippen molar-refractivity contribution >= 4 is 44.9 Å². The number of rotatable bonds is 7. The SMILES string of the molecule is Cc1ccc(NC(=O)COc2ccc(C=C(C#N)c3cccc([N+](=O)[O-])c3)cc2Br)cc1. The Morgan fingerprint density at radius 2 is 1.94 bits per heavy atom. The first-order valence-corrected chi connectivity index (χ1v) is 10.3. The molecule has 0 aromatic heterocycles. The van der Waals surface area contributed by atoms with Gasteiger partial charge in [0.15, 0.2) is 6.61 Å². The Hall–Kier alpha value is -3.96. The molecule has 160 valence electrons. The number of carbonyl (C=O) groups excluding carboxylic acids is 1. The summed E-state index contributed by atoms with van der Waals surface area (Å²) in [4.78, 5) is 22.6. The number of nitrogens with one attached hydrogen (secondary N) is 1. The van der Waals surface area contributed by atoms with Crippen LogP contribution in [0.1, 0.15) is 16.7 Å². The van der Waals surface area contributed by atoms with Gasteiger partial charge in [0.05, 0.1) is 21.0 Å². The highest BCUT2D eigenvalue weighted by Gasteiger charge is 2.10. The van der Waals surface area contributed by atoms with Gasteiger partial charge in [0.25, 0.3) is 11.6 Å². The number of ether oxygens (including phenoxy) is 1.